The Kier molecular flexibility index (Phi) is 2.98. The van der Waals surface area contributed by atoms with Gasteiger partial charge in [-0.2, -0.15) is 0 Å². The molecule has 0 N–H and O–H groups in total. The molecule has 1 heteroatoms. The third-order valence-corrected chi connectivity index (χ3v) is 5.43. The zero-order chi connectivity index (χ0) is 16.3. The highest BCUT2D eigenvalue weighted by Gasteiger charge is 2.25. The van der Waals surface area contributed by atoms with Crippen LogP contribution in [0.25, 0.3) is 43.8 Å². The first-order valence-corrected chi connectivity index (χ1v) is 8.94. The first-order valence-electron chi connectivity index (χ1n) is 8.56. The van der Waals surface area contributed by atoms with E-state index >= 15 is 0 Å². The van der Waals surface area contributed by atoms with Crippen molar-refractivity contribution in [2.45, 2.75) is 19.8 Å². The van der Waals surface area contributed by atoms with Crippen molar-refractivity contribution >= 4 is 33.1 Å². The molecule has 0 unspecified atom stereocenters. The minimum absolute atomic E-state index is 0.807. The smallest absolute Gasteiger partial charge is 0.0412 e. The zero-order valence-corrected chi connectivity index (χ0v) is 14.3. The Bertz CT molecular complexity index is 1120. The molecule has 0 amide bonds. The minimum atomic E-state index is 0.807. The van der Waals surface area contributed by atoms with Crippen LogP contribution in [0.15, 0.2) is 60.7 Å². The molecule has 0 radical (unpaired) electrons. The minimum Gasteiger partial charge on any atom is -0.0843 e. The summed E-state index contributed by atoms with van der Waals surface area (Å²) in [5, 5.41) is 6.14. The number of rotatable bonds is 2. The fraction of sp³-hybridized carbons (Fsp3) is 0.130. The van der Waals surface area contributed by atoms with E-state index in [1.807, 2.05) is 6.07 Å². The number of aryl methyl sites for hydroxylation is 1. The van der Waals surface area contributed by atoms with Crippen molar-refractivity contribution in [3.8, 4) is 22.3 Å². The van der Waals surface area contributed by atoms with E-state index < -0.39 is 0 Å². The third-order valence-electron chi connectivity index (χ3n) is 5.20. The zero-order valence-electron chi connectivity index (χ0n) is 13.6. The van der Waals surface area contributed by atoms with Gasteiger partial charge >= 0.3 is 0 Å². The number of hydrogen-bond acceptors (Lipinski definition) is 0. The summed E-state index contributed by atoms with van der Waals surface area (Å²) in [5.74, 6) is 0. The summed E-state index contributed by atoms with van der Waals surface area (Å²) >= 11 is 6.33. The summed E-state index contributed by atoms with van der Waals surface area (Å²) in [7, 11) is 0. The molecule has 0 atom stereocenters. The van der Waals surface area contributed by atoms with Crippen LogP contribution < -0.4 is 0 Å². The van der Waals surface area contributed by atoms with Gasteiger partial charge in [-0.1, -0.05) is 73.5 Å². The van der Waals surface area contributed by atoms with Crippen molar-refractivity contribution in [1.29, 1.82) is 0 Å². The van der Waals surface area contributed by atoms with Gasteiger partial charge in [-0.3, -0.25) is 0 Å². The second-order valence-electron chi connectivity index (χ2n) is 6.57. The maximum atomic E-state index is 6.33. The molecule has 5 rings (SSSR count). The predicted octanol–water partition coefficient (Wildman–Crippen LogP) is 7.25. The third kappa shape index (κ3) is 1.75. The number of halogens is 1. The highest BCUT2D eigenvalue weighted by Crippen LogP contribution is 2.51. The van der Waals surface area contributed by atoms with Crippen LogP contribution in [0.2, 0.25) is 5.02 Å². The Morgan fingerprint density at radius 3 is 2.38 bits per heavy atom. The van der Waals surface area contributed by atoms with Gasteiger partial charge in [0.2, 0.25) is 0 Å². The second-order valence-corrected chi connectivity index (χ2v) is 7.00. The molecule has 4 aromatic rings. The summed E-state index contributed by atoms with van der Waals surface area (Å²) in [6.07, 6.45) is 2.23. The van der Waals surface area contributed by atoms with Crippen molar-refractivity contribution in [3.63, 3.8) is 0 Å². The molecule has 1 aliphatic rings. The van der Waals surface area contributed by atoms with Crippen molar-refractivity contribution in [1.82, 2.24) is 0 Å². The normalized spacial score (nSPS) is 12.1. The first-order chi connectivity index (χ1) is 11.8. The average molecular weight is 329 g/mol. The van der Waals surface area contributed by atoms with Crippen LogP contribution in [0.4, 0.5) is 0 Å². The van der Waals surface area contributed by atoms with Gasteiger partial charge in [0.25, 0.3) is 0 Å². The molecule has 0 saturated heterocycles. The molecule has 0 nitrogen and oxygen atoms in total. The lowest BCUT2D eigenvalue weighted by molar-refractivity contribution is 0.933. The van der Waals surface area contributed by atoms with Crippen LogP contribution in [0.1, 0.15) is 18.9 Å². The quantitative estimate of drug-likeness (QED) is 0.299. The van der Waals surface area contributed by atoms with Gasteiger partial charge < -0.3 is 0 Å². The van der Waals surface area contributed by atoms with E-state index in [0.29, 0.717) is 0 Å². The van der Waals surface area contributed by atoms with Gasteiger partial charge in [-0.05, 0) is 67.9 Å². The predicted molar refractivity (Wildman–Crippen MR) is 105 cm³/mol. The van der Waals surface area contributed by atoms with Gasteiger partial charge in [0.1, 0.15) is 0 Å². The second kappa shape index (κ2) is 5.09. The Balaban J connectivity index is 2.08. The Morgan fingerprint density at radius 1 is 0.750 bits per heavy atom. The van der Waals surface area contributed by atoms with Crippen LogP contribution in [0, 0.1) is 0 Å². The lowest BCUT2D eigenvalue weighted by atomic mass is 9.89. The van der Waals surface area contributed by atoms with Gasteiger partial charge in [-0.25, -0.2) is 0 Å². The van der Waals surface area contributed by atoms with E-state index in [4.69, 9.17) is 11.6 Å². The summed E-state index contributed by atoms with van der Waals surface area (Å²) < 4.78 is 0. The fourth-order valence-corrected chi connectivity index (χ4v) is 4.47. The Morgan fingerprint density at radius 2 is 1.54 bits per heavy atom. The van der Waals surface area contributed by atoms with Gasteiger partial charge in [-0.15, -0.1) is 0 Å². The fourth-order valence-electron chi connectivity index (χ4n) is 4.30. The summed E-state index contributed by atoms with van der Waals surface area (Å²) in [5.41, 5.74) is 7.00. The molecule has 116 valence electrons. The molecule has 0 aliphatic heterocycles. The van der Waals surface area contributed by atoms with E-state index in [2.05, 4.69) is 61.5 Å². The Hall–Kier alpha value is -2.31. The lowest BCUT2D eigenvalue weighted by Crippen LogP contribution is -1.92. The molecule has 0 heterocycles. The molecule has 0 saturated carbocycles. The van der Waals surface area contributed by atoms with Crippen molar-refractivity contribution < 1.29 is 0 Å². The van der Waals surface area contributed by atoms with Crippen LogP contribution >= 0.6 is 11.6 Å². The Labute approximate surface area is 146 Å². The van der Waals surface area contributed by atoms with Crippen LogP contribution in [-0.4, -0.2) is 0 Å². The summed E-state index contributed by atoms with van der Waals surface area (Å²) in [6, 6.07) is 21.8. The lowest BCUT2D eigenvalue weighted by Gasteiger charge is -2.15. The number of hydrogen-bond donors (Lipinski definition) is 0. The van der Waals surface area contributed by atoms with Crippen molar-refractivity contribution in [2.75, 3.05) is 0 Å². The maximum absolute atomic E-state index is 6.33. The molecule has 0 fully saturated rings. The van der Waals surface area contributed by atoms with Crippen LogP contribution in [0.5, 0.6) is 0 Å². The monoisotopic (exact) mass is 328 g/mol. The first kappa shape index (κ1) is 14.1. The molecule has 0 bridgehead atoms. The molecule has 1 aliphatic carbocycles. The molecule has 0 spiro atoms. The molecule has 0 aromatic heterocycles. The standard InChI is InChI=1S/C23H17Cl/c1-2-6-17-16-12-11-14(24)13-21(16)20-10-5-9-19-15-7-3-4-8-18(15)22(17)23(19)20/h3-5,7-13H,2,6H2,1H3. The number of fused-ring (bicyclic) bond motifs is 5. The molecular formula is C23H17Cl. The van der Waals surface area contributed by atoms with E-state index in [1.54, 1.807) is 0 Å². The summed E-state index contributed by atoms with van der Waals surface area (Å²) in [4.78, 5) is 0. The van der Waals surface area contributed by atoms with Crippen LogP contribution in [-0.2, 0) is 6.42 Å². The van der Waals surface area contributed by atoms with Gasteiger partial charge in [0.05, 0.1) is 0 Å². The largest absolute Gasteiger partial charge is 0.0843 e. The van der Waals surface area contributed by atoms with Crippen molar-refractivity contribution in [2.24, 2.45) is 0 Å². The number of benzene rings is 4. The molecule has 4 aromatic carbocycles. The van der Waals surface area contributed by atoms with E-state index in [0.717, 1.165) is 17.9 Å². The van der Waals surface area contributed by atoms with E-state index in [1.165, 1.54) is 49.4 Å². The van der Waals surface area contributed by atoms with Crippen LogP contribution in [0.3, 0.4) is 0 Å². The maximum Gasteiger partial charge on any atom is 0.0412 e. The van der Waals surface area contributed by atoms with Crippen molar-refractivity contribution in [3.05, 3.63) is 71.2 Å². The SMILES string of the molecule is CCCc1c2c3c(cccc3c3cc(Cl)ccc13)-c1ccccc1-2. The molecular weight excluding hydrogens is 312 g/mol. The topological polar surface area (TPSA) is 0 Å². The van der Waals surface area contributed by atoms with E-state index in [-0.39, 0.29) is 0 Å². The van der Waals surface area contributed by atoms with Gasteiger partial charge in [0.15, 0.2) is 0 Å². The highest BCUT2D eigenvalue weighted by atomic mass is 35.5. The summed E-state index contributed by atoms with van der Waals surface area (Å²) in [6.45, 7) is 2.26. The van der Waals surface area contributed by atoms with Gasteiger partial charge in [0, 0.05) is 5.02 Å². The molecule has 24 heavy (non-hydrogen) atoms. The van der Waals surface area contributed by atoms with E-state index in [9.17, 15) is 0 Å². The average Bonchev–Trinajstić information content (AvgIpc) is 2.94. The highest BCUT2D eigenvalue weighted by molar-refractivity contribution is 6.33.